The topological polar surface area (TPSA) is 75.6 Å². The Morgan fingerprint density at radius 1 is 1.64 bits per heavy atom. The summed E-state index contributed by atoms with van der Waals surface area (Å²) in [5.74, 6) is -0.449. The summed E-state index contributed by atoms with van der Waals surface area (Å²) in [4.78, 5) is 19.7. The molecule has 1 atom stereocenters. The first kappa shape index (κ1) is 13.4. The molecule has 0 aliphatic heterocycles. The molecule has 0 aromatic carbocycles. The van der Waals surface area contributed by atoms with E-state index in [-0.39, 0.29) is 12.9 Å². The maximum absolute atomic E-state index is 10.8. The number of hydrogen-bond acceptors (Lipinski definition) is 4. The van der Waals surface area contributed by atoms with E-state index in [9.17, 15) is 9.36 Å². The Hall–Kier alpha value is -0.640. The highest BCUT2D eigenvalue weighted by atomic mass is 31.2. The lowest BCUT2D eigenvalue weighted by Crippen LogP contribution is -2.22. The van der Waals surface area contributed by atoms with E-state index in [1.54, 1.807) is 6.92 Å². The first-order valence-electron chi connectivity index (χ1n) is 4.15. The van der Waals surface area contributed by atoms with Gasteiger partial charge >= 0.3 is 5.97 Å². The van der Waals surface area contributed by atoms with Crippen LogP contribution in [0.1, 0.15) is 6.92 Å². The molecule has 14 heavy (non-hydrogen) atoms. The van der Waals surface area contributed by atoms with Crippen molar-refractivity contribution in [2.24, 2.45) is 0 Å². The molecule has 0 aliphatic rings. The van der Waals surface area contributed by atoms with Crippen LogP contribution in [-0.2, 0) is 14.1 Å². The largest absolute Gasteiger partial charge is 0.461 e. The molecule has 0 saturated carbocycles. The number of esters is 1. The Morgan fingerprint density at radius 2 is 2.21 bits per heavy atom. The summed E-state index contributed by atoms with van der Waals surface area (Å²) < 4.78 is 15.5. The minimum absolute atomic E-state index is 0.0254. The number of hydrogen-bond donors (Lipinski definition) is 2. The van der Waals surface area contributed by atoms with Crippen LogP contribution in [0, 0.1) is 0 Å². The molecule has 0 aliphatic carbocycles. The van der Waals surface area contributed by atoms with Crippen molar-refractivity contribution < 1.29 is 19.0 Å². The molecule has 0 bridgehead atoms. The lowest BCUT2D eigenvalue weighted by molar-refractivity contribution is -0.138. The summed E-state index contributed by atoms with van der Waals surface area (Å²) in [5.41, 5.74) is 0.341. The monoisotopic (exact) mass is 221 g/mol. The van der Waals surface area contributed by atoms with Gasteiger partial charge in [-0.25, -0.2) is 4.79 Å². The van der Waals surface area contributed by atoms with Gasteiger partial charge < -0.3 is 14.9 Å². The van der Waals surface area contributed by atoms with Gasteiger partial charge in [0.25, 0.3) is 0 Å². The quantitative estimate of drug-likeness (QED) is 0.296. The zero-order chi connectivity index (χ0) is 11.2. The zero-order valence-corrected chi connectivity index (χ0v) is 9.34. The van der Waals surface area contributed by atoms with Crippen molar-refractivity contribution in [2.45, 2.75) is 6.92 Å². The van der Waals surface area contributed by atoms with Gasteiger partial charge in [-0.15, -0.1) is 0 Å². The second-order valence-corrected chi connectivity index (χ2v) is 5.54. The number of carbonyl (C=O) groups excluding carboxylic acids is 1. The smallest absolute Gasteiger partial charge is 0.333 e. The number of ether oxygens (including phenoxy) is 1. The Balaban J connectivity index is 3.44. The van der Waals surface area contributed by atoms with E-state index >= 15 is 0 Å². The third-order valence-electron chi connectivity index (χ3n) is 1.27. The normalized spacial score (nSPS) is 14.5. The van der Waals surface area contributed by atoms with Gasteiger partial charge in [0.15, 0.2) is 0 Å². The number of nitrogens with one attached hydrogen (secondary N) is 1. The average Bonchev–Trinajstić information content (AvgIpc) is 2.01. The first-order valence-corrected chi connectivity index (χ1v) is 6.45. The third kappa shape index (κ3) is 7.98. The van der Waals surface area contributed by atoms with Crippen molar-refractivity contribution in [3.8, 4) is 0 Å². The zero-order valence-electron chi connectivity index (χ0n) is 8.45. The van der Waals surface area contributed by atoms with Crippen molar-refractivity contribution in [3.05, 3.63) is 12.2 Å². The van der Waals surface area contributed by atoms with E-state index in [4.69, 9.17) is 9.63 Å². The second-order valence-electron chi connectivity index (χ2n) is 3.13. The van der Waals surface area contributed by atoms with Crippen molar-refractivity contribution in [3.63, 3.8) is 0 Å². The number of carbonyl (C=O) groups is 1. The Bertz CT molecular complexity index is 258. The molecule has 0 heterocycles. The van der Waals surface area contributed by atoms with Gasteiger partial charge in [0.05, 0.1) is 6.29 Å². The maximum atomic E-state index is 10.8. The van der Waals surface area contributed by atoms with Crippen LogP contribution in [0.4, 0.5) is 0 Å². The van der Waals surface area contributed by atoms with E-state index < -0.39 is 13.3 Å². The molecule has 0 aromatic rings. The summed E-state index contributed by atoms with van der Waals surface area (Å²) in [6.45, 7) is 6.77. The summed E-state index contributed by atoms with van der Waals surface area (Å²) in [7, 11) is -3.02. The van der Waals surface area contributed by atoms with Gasteiger partial charge in [0, 0.05) is 18.8 Å². The SMILES string of the molecule is C=C(C)C(=O)OCCNCP(C)(=O)O. The predicted molar refractivity (Wildman–Crippen MR) is 54.4 cm³/mol. The van der Waals surface area contributed by atoms with E-state index in [1.165, 1.54) is 6.66 Å². The van der Waals surface area contributed by atoms with Gasteiger partial charge in [0.1, 0.15) is 6.61 Å². The molecule has 6 heteroatoms. The van der Waals surface area contributed by atoms with E-state index in [0.717, 1.165) is 0 Å². The lowest BCUT2D eigenvalue weighted by Gasteiger charge is -2.07. The standard InChI is InChI=1S/C8H16NO4P/c1-7(2)8(10)13-5-4-9-6-14(3,11)12/h9H,1,4-6H2,2-3H3,(H,11,12). The highest BCUT2D eigenvalue weighted by Gasteiger charge is 2.08. The lowest BCUT2D eigenvalue weighted by atomic mass is 10.4. The molecule has 82 valence electrons. The van der Waals surface area contributed by atoms with Gasteiger partial charge in [0.2, 0.25) is 7.37 Å². The highest BCUT2D eigenvalue weighted by molar-refractivity contribution is 7.57. The minimum Gasteiger partial charge on any atom is -0.461 e. The van der Waals surface area contributed by atoms with Crippen LogP contribution in [0.3, 0.4) is 0 Å². The summed E-state index contributed by atoms with van der Waals surface area (Å²) in [6, 6.07) is 0. The van der Waals surface area contributed by atoms with Gasteiger partial charge in [-0.1, -0.05) is 6.58 Å². The van der Waals surface area contributed by atoms with Crippen LogP contribution < -0.4 is 5.32 Å². The van der Waals surface area contributed by atoms with Crippen LogP contribution in [0.25, 0.3) is 0 Å². The molecule has 5 nitrogen and oxygen atoms in total. The fourth-order valence-corrected chi connectivity index (χ4v) is 1.20. The fourth-order valence-electron chi connectivity index (χ4n) is 0.626. The third-order valence-corrected chi connectivity index (χ3v) is 2.08. The Kier molecular flexibility index (Phi) is 5.69. The molecule has 1 unspecified atom stereocenters. The fraction of sp³-hybridized carbons (Fsp3) is 0.625. The van der Waals surface area contributed by atoms with E-state index in [2.05, 4.69) is 11.9 Å². The van der Waals surface area contributed by atoms with Crippen LogP contribution in [0.5, 0.6) is 0 Å². The molecule has 0 saturated heterocycles. The van der Waals surface area contributed by atoms with Crippen molar-refractivity contribution >= 4 is 13.3 Å². The summed E-state index contributed by atoms with van der Waals surface area (Å²) in [6.07, 6.45) is 0.0254. The first-order chi connectivity index (χ1) is 6.33. The second kappa shape index (κ2) is 5.96. The summed E-state index contributed by atoms with van der Waals surface area (Å²) >= 11 is 0. The van der Waals surface area contributed by atoms with Gasteiger partial charge in [-0.3, -0.25) is 4.57 Å². The predicted octanol–water partition coefficient (Wildman–Crippen LogP) is 0.553. The molecule has 0 aromatic heterocycles. The molecule has 0 radical (unpaired) electrons. The van der Waals surface area contributed by atoms with Crippen LogP contribution in [0.2, 0.25) is 0 Å². The van der Waals surface area contributed by atoms with Crippen molar-refractivity contribution in [2.75, 3.05) is 26.1 Å². The number of rotatable bonds is 6. The van der Waals surface area contributed by atoms with E-state index in [0.29, 0.717) is 12.1 Å². The van der Waals surface area contributed by atoms with Crippen LogP contribution in [-0.4, -0.2) is 37.0 Å². The molecule has 0 fully saturated rings. The highest BCUT2D eigenvalue weighted by Crippen LogP contribution is 2.32. The Morgan fingerprint density at radius 3 is 2.64 bits per heavy atom. The van der Waals surface area contributed by atoms with Crippen molar-refractivity contribution in [1.82, 2.24) is 5.32 Å². The van der Waals surface area contributed by atoms with Gasteiger partial charge in [-0.05, 0) is 6.92 Å². The molecule has 2 N–H and O–H groups in total. The minimum atomic E-state index is -3.02. The molecule has 0 amide bonds. The molecular formula is C8H16NO4P. The maximum Gasteiger partial charge on any atom is 0.333 e. The molecule has 0 rings (SSSR count). The molecule has 0 spiro atoms. The van der Waals surface area contributed by atoms with Crippen molar-refractivity contribution in [1.29, 1.82) is 0 Å². The summed E-state index contributed by atoms with van der Waals surface area (Å²) in [5, 5.41) is 2.70. The average molecular weight is 221 g/mol. The van der Waals surface area contributed by atoms with Crippen LogP contribution in [0.15, 0.2) is 12.2 Å². The van der Waals surface area contributed by atoms with E-state index in [1.807, 2.05) is 0 Å². The van der Waals surface area contributed by atoms with Gasteiger partial charge in [-0.2, -0.15) is 0 Å². The Labute approximate surface area is 83.6 Å². The molecular weight excluding hydrogens is 205 g/mol. The van der Waals surface area contributed by atoms with Crippen LogP contribution >= 0.6 is 7.37 Å².